The normalized spacial score (nSPS) is 21.9. The fourth-order valence-electron chi connectivity index (χ4n) is 5.44. The molecule has 0 saturated heterocycles. The number of halogens is 2. The topological polar surface area (TPSA) is 79.2 Å². The van der Waals surface area contributed by atoms with Crippen molar-refractivity contribution in [3.05, 3.63) is 105 Å². The van der Waals surface area contributed by atoms with Gasteiger partial charge in [0.25, 0.3) is 5.91 Å². The van der Waals surface area contributed by atoms with E-state index >= 15 is 0 Å². The van der Waals surface area contributed by atoms with Crippen LogP contribution in [0.25, 0.3) is 0 Å². The van der Waals surface area contributed by atoms with Crippen LogP contribution in [0.3, 0.4) is 0 Å². The quantitative estimate of drug-likeness (QED) is 0.310. The molecule has 6 nitrogen and oxygen atoms in total. The molecule has 0 aromatic heterocycles. The number of benzene rings is 3. The number of hydrogen-bond donors (Lipinski definition) is 2. The predicted octanol–water partition coefficient (Wildman–Crippen LogP) is 6.05. The molecule has 5 rings (SSSR count). The van der Waals surface area contributed by atoms with Gasteiger partial charge in [-0.15, -0.1) is 0 Å². The van der Waals surface area contributed by atoms with Gasteiger partial charge in [0.1, 0.15) is 5.60 Å². The second kappa shape index (κ2) is 10.5. The summed E-state index contributed by atoms with van der Waals surface area (Å²) in [6.45, 7) is 3.97. The van der Waals surface area contributed by atoms with E-state index in [1.54, 1.807) is 42.2 Å². The molecule has 0 bridgehead atoms. The highest BCUT2D eigenvalue weighted by Gasteiger charge is 2.56. The monoisotopic (exact) mass is 569 g/mol. The molecule has 3 aromatic rings. The van der Waals surface area contributed by atoms with E-state index in [4.69, 9.17) is 32.7 Å². The predicted molar refractivity (Wildman–Crippen MR) is 151 cm³/mol. The molecular formula is C31H33Cl2NO5. The van der Waals surface area contributed by atoms with E-state index in [-0.39, 0.29) is 31.1 Å². The van der Waals surface area contributed by atoms with Crippen LogP contribution < -0.4 is 0 Å². The van der Waals surface area contributed by atoms with Crippen molar-refractivity contribution in [2.45, 2.75) is 44.1 Å². The lowest BCUT2D eigenvalue weighted by molar-refractivity contribution is -0.137. The zero-order chi connectivity index (χ0) is 28.0. The number of amides is 1. The van der Waals surface area contributed by atoms with Crippen LogP contribution >= 0.6 is 23.2 Å². The van der Waals surface area contributed by atoms with E-state index in [0.29, 0.717) is 26.7 Å². The Balaban J connectivity index is 1.73. The summed E-state index contributed by atoms with van der Waals surface area (Å²) in [4.78, 5) is 16.2. The summed E-state index contributed by atoms with van der Waals surface area (Å²) >= 11 is 12.5. The summed E-state index contributed by atoms with van der Waals surface area (Å²) in [5.74, 6) is -0.230. The Morgan fingerprint density at radius 2 is 1.64 bits per heavy atom. The average molecular weight is 571 g/mol. The van der Waals surface area contributed by atoms with E-state index in [9.17, 15) is 15.0 Å². The van der Waals surface area contributed by atoms with Crippen molar-refractivity contribution in [3.8, 4) is 0 Å². The summed E-state index contributed by atoms with van der Waals surface area (Å²) in [6.07, 6.45) is 1.71. The third kappa shape index (κ3) is 4.99. The Hall–Kier alpha value is -2.45. The van der Waals surface area contributed by atoms with Crippen molar-refractivity contribution in [2.24, 2.45) is 5.41 Å². The van der Waals surface area contributed by atoms with Gasteiger partial charge in [0, 0.05) is 39.3 Å². The van der Waals surface area contributed by atoms with Gasteiger partial charge in [-0.2, -0.15) is 0 Å². The summed E-state index contributed by atoms with van der Waals surface area (Å²) in [5, 5.41) is 22.3. The molecule has 1 amide bonds. The number of rotatable bonds is 10. The molecule has 3 aromatic carbocycles. The largest absolute Gasteiger partial charge is 0.396 e. The number of methoxy groups -OCH3 is 1. The number of hydrogen-bond acceptors (Lipinski definition) is 5. The second-order valence-corrected chi connectivity index (χ2v) is 11.8. The molecule has 1 aliphatic heterocycles. The van der Waals surface area contributed by atoms with Crippen LogP contribution in [0.15, 0.2) is 66.7 Å². The summed E-state index contributed by atoms with van der Waals surface area (Å²) < 4.78 is 12.1. The van der Waals surface area contributed by atoms with Crippen LogP contribution in [0.1, 0.15) is 65.3 Å². The van der Waals surface area contributed by atoms with Gasteiger partial charge >= 0.3 is 0 Å². The average Bonchev–Trinajstić information content (AvgIpc) is 3.67. The standard InChI is InChI=1S/C31H33Cl2NO5/c1-20(21-4-9-24(32)10-5-21)34-28(36)26-16-23(29(2,37)18-38-3)8-13-27(26)31(34,22-6-11-25(33)12-7-22)39-19-30(17-35)14-15-30/h4-13,16,20,35,37H,14-15,17-19H2,1-3H3/t20?,29?,31-/m1/s1. The van der Waals surface area contributed by atoms with Crippen molar-refractivity contribution >= 4 is 29.1 Å². The molecule has 1 saturated carbocycles. The molecule has 2 unspecified atom stereocenters. The maximum atomic E-state index is 14.4. The first-order chi connectivity index (χ1) is 18.6. The first-order valence-corrected chi connectivity index (χ1v) is 13.8. The molecule has 2 N–H and O–H groups in total. The Kier molecular flexibility index (Phi) is 7.57. The Bertz CT molecular complexity index is 1350. The molecule has 3 atom stereocenters. The minimum absolute atomic E-state index is 0.00998. The number of fused-ring (bicyclic) bond motifs is 1. The number of aliphatic hydroxyl groups is 2. The van der Waals surface area contributed by atoms with E-state index in [2.05, 4.69) is 0 Å². The third-order valence-electron chi connectivity index (χ3n) is 8.08. The zero-order valence-electron chi connectivity index (χ0n) is 22.3. The molecule has 1 fully saturated rings. The van der Waals surface area contributed by atoms with Crippen molar-refractivity contribution in [1.29, 1.82) is 0 Å². The number of carbonyl (C=O) groups is 1. The third-order valence-corrected chi connectivity index (χ3v) is 8.58. The number of ether oxygens (including phenoxy) is 2. The summed E-state index contributed by atoms with van der Waals surface area (Å²) in [6, 6.07) is 19.7. The van der Waals surface area contributed by atoms with Gasteiger partial charge in [0.05, 0.1) is 25.9 Å². The zero-order valence-corrected chi connectivity index (χ0v) is 23.8. The fourth-order valence-corrected chi connectivity index (χ4v) is 5.69. The molecule has 8 heteroatoms. The van der Waals surface area contributed by atoms with Gasteiger partial charge in [0.15, 0.2) is 5.72 Å². The van der Waals surface area contributed by atoms with Gasteiger partial charge in [-0.05, 0) is 68.1 Å². The van der Waals surface area contributed by atoms with Gasteiger partial charge < -0.3 is 19.7 Å². The molecule has 1 aliphatic carbocycles. The maximum absolute atomic E-state index is 14.4. The lowest BCUT2D eigenvalue weighted by Crippen LogP contribution is -2.49. The van der Waals surface area contributed by atoms with Crippen molar-refractivity contribution in [2.75, 3.05) is 26.9 Å². The van der Waals surface area contributed by atoms with Crippen LogP contribution in [-0.4, -0.2) is 48.0 Å². The van der Waals surface area contributed by atoms with E-state index in [0.717, 1.165) is 24.0 Å². The van der Waals surface area contributed by atoms with Crippen molar-refractivity contribution in [1.82, 2.24) is 4.90 Å². The summed E-state index contributed by atoms with van der Waals surface area (Å²) in [5.41, 5.74) is 0.376. The number of nitrogens with zero attached hydrogens (tertiary/aromatic N) is 1. The molecule has 0 spiro atoms. The fraction of sp³-hybridized carbons (Fsp3) is 0.387. The SMILES string of the molecule is COCC(C)(O)c1ccc2c(c1)C(=O)N(C(C)c1ccc(Cl)cc1)[C@@]2(OCC1(CO)CC1)c1ccc(Cl)cc1. The van der Waals surface area contributed by atoms with Crippen molar-refractivity contribution in [3.63, 3.8) is 0 Å². The minimum atomic E-state index is -1.30. The van der Waals surface area contributed by atoms with Crippen LogP contribution in [-0.2, 0) is 20.8 Å². The van der Waals surface area contributed by atoms with Gasteiger partial charge in [-0.1, -0.05) is 59.6 Å². The first-order valence-electron chi connectivity index (χ1n) is 13.0. The van der Waals surface area contributed by atoms with Gasteiger partial charge in [0.2, 0.25) is 0 Å². The van der Waals surface area contributed by atoms with Crippen LogP contribution in [0.5, 0.6) is 0 Å². The number of carbonyl (C=O) groups excluding carboxylic acids is 1. The Labute approximate surface area is 239 Å². The second-order valence-electron chi connectivity index (χ2n) is 11.0. The Morgan fingerprint density at radius 1 is 1.03 bits per heavy atom. The van der Waals surface area contributed by atoms with E-state index in [1.807, 2.05) is 43.3 Å². The molecule has 206 valence electrons. The molecule has 1 heterocycles. The smallest absolute Gasteiger partial charge is 0.257 e. The van der Waals surface area contributed by atoms with Gasteiger partial charge in [-0.3, -0.25) is 9.69 Å². The first kappa shape index (κ1) is 28.1. The lowest BCUT2D eigenvalue weighted by atomic mass is 9.88. The van der Waals surface area contributed by atoms with Gasteiger partial charge in [-0.25, -0.2) is 0 Å². The Morgan fingerprint density at radius 3 is 2.21 bits per heavy atom. The number of aliphatic hydroxyl groups excluding tert-OH is 1. The molecule has 0 radical (unpaired) electrons. The highest BCUT2D eigenvalue weighted by atomic mass is 35.5. The highest BCUT2D eigenvalue weighted by molar-refractivity contribution is 6.30. The van der Waals surface area contributed by atoms with E-state index < -0.39 is 17.4 Å². The minimum Gasteiger partial charge on any atom is -0.396 e. The van der Waals surface area contributed by atoms with Crippen LogP contribution in [0.4, 0.5) is 0 Å². The molecule has 39 heavy (non-hydrogen) atoms. The van der Waals surface area contributed by atoms with E-state index in [1.165, 1.54) is 7.11 Å². The van der Waals surface area contributed by atoms with Crippen LogP contribution in [0.2, 0.25) is 10.0 Å². The van der Waals surface area contributed by atoms with Crippen molar-refractivity contribution < 1.29 is 24.5 Å². The summed E-state index contributed by atoms with van der Waals surface area (Å²) in [7, 11) is 1.52. The maximum Gasteiger partial charge on any atom is 0.257 e. The highest BCUT2D eigenvalue weighted by Crippen LogP contribution is 2.53. The molecular weight excluding hydrogens is 537 g/mol. The lowest BCUT2D eigenvalue weighted by Gasteiger charge is -2.43. The molecule has 2 aliphatic rings. The van der Waals surface area contributed by atoms with Crippen LogP contribution in [0, 0.1) is 5.41 Å².